The fraction of sp³-hybridized carbons (Fsp3) is 0.333. The van der Waals surface area contributed by atoms with Crippen LogP contribution in [0, 0.1) is 5.92 Å². The summed E-state index contributed by atoms with van der Waals surface area (Å²) >= 11 is 0. The standard InChI is InChI=1S/C21H27N3O3/c1-16(2)12-13-27-18-10-8-17(9-11-18)14-23-24-21(25)15-22-19-6-4-5-7-20(19)26-3/h4-11,14,16,22H,12-13,15H2,1-3H3,(H,24,25)/b23-14+. The third-order valence-corrected chi connectivity index (χ3v) is 3.79. The first kappa shape index (κ1) is 20.3. The summed E-state index contributed by atoms with van der Waals surface area (Å²) in [7, 11) is 1.59. The molecular formula is C21H27N3O3. The summed E-state index contributed by atoms with van der Waals surface area (Å²) in [5.41, 5.74) is 4.13. The minimum absolute atomic E-state index is 0.0976. The Morgan fingerprint density at radius 3 is 2.59 bits per heavy atom. The van der Waals surface area contributed by atoms with E-state index in [1.54, 1.807) is 13.3 Å². The SMILES string of the molecule is COc1ccccc1NCC(=O)N/N=C/c1ccc(OCCC(C)C)cc1. The molecular weight excluding hydrogens is 342 g/mol. The number of amides is 1. The fourth-order valence-corrected chi connectivity index (χ4v) is 2.25. The van der Waals surface area contributed by atoms with E-state index in [0.717, 1.165) is 23.4 Å². The van der Waals surface area contributed by atoms with Gasteiger partial charge in [0.15, 0.2) is 0 Å². The first-order chi connectivity index (χ1) is 13.1. The quantitative estimate of drug-likeness (QED) is 0.495. The van der Waals surface area contributed by atoms with Gasteiger partial charge in [-0.2, -0.15) is 5.10 Å². The maximum atomic E-state index is 11.9. The van der Waals surface area contributed by atoms with Gasteiger partial charge in [0.2, 0.25) is 0 Å². The lowest BCUT2D eigenvalue weighted by atomic mass is 10.1. The highest BCUT2D eigenvalue weighted by atomic mass is 16.5. The van der Waals surface area contributed by atoms with Crippen molar-refractivity contribution >= 4 is 17.8 Å². The number of benzene rings is 2. The molecule has 0 radical (unpaired) electrons. The van der Waals surface area contributed by atoms with Crippen LogP contribution in [0.2, 0.25) is 0 Å². The molecule has 2 rings (SSSR count). The van der Waals surface area contributed by atoms with Gasteiger partial charge in [0.05, 0.1) is 32.2 Å². The van der Waals surface area contributed by atoms with E-state index < -0.39 is 0 Å². The Balaban J connectivity index is 1.75. The molecule has 2 N–H and O–H groups in total. The van der Waals surface area contributed by atoms with E-state index in [1.807, 2.05) is 48.5 Å². The van der Waals surface area contributed by atoms with E-state index in [9.17, 15) is 4.79 Å². The van der Waals surface area contributed by atoms with Crippen molar-refractivity contribution in [3.63, 3.8) is 0 Å². The minimum Gasteiger partial charge on any atom is -0.495 e. The van der Waals surface area contributed by atoms with E-state index in [0.29, 0.717) is 18.3 Å². The number of ether oxygens (including phenoxy) is 2. The van der Waals surface area contributed by atoms with Gasteiger partial charge in [0.1, 0.15) is 11.5 Å². The molecule has 0 aliphatic heterocycles. The van der Waals surface area contributed by atoms with Gasteiger partial charge in [-0.25, -0.2) is 5.43 Å². The Bertz CT molecular complexity index is 743. The highest BCUT2D eigenvalue weighted by Gasteiger charge is 2.04. The highest BCUT2D eigenvalue weighted by Crippen LogP contribution is 2.22. The largest absolute Gasteiger partial charge is 0.495 e. The first-order valence-corrected chi connectivity index (χ1v) is 9.00. The number of carbonyl (C=O) groups is 1. The zero-order valence-corrected chi connectivity index (χ0v) is 16.1. The molecule has 0 aliphatic rings. The van der Waals surface area contributed by atoms with Crippen LogP contribution in [0.15, 0.2) is 53.6 Å². The number of carbonyl (C=O) groups excluding carboxylic acids is 1. The predicted molar refractivity (Wildman–Crippen MR) is 109 cm³/mol. The molecule has 27 heavy (non-hydrogen) atoms. The van der Waals surface area contributed by atoms with Gasteiger partial charge < -0.3 is 14.8 Å². The van der Waals surface area contributed by atoms with Crippen LogP contribution in [0.1, 0.15) is 25.8 Å². The van der Waals surface area contributed by atoms with Crippen LogP contribution in [-0.2, 0) is 4.79 Å². The molecule has 0 atom stereocenters. The van der Waals surface area contributed by atoms with Crippen molar-refractivity contribution in [1.82, 2.24) is 5.43 Å². The number of hydrogen-bond donors (Lipinski definition) is 2. The van der Waals surface area contributed by atoms with Gasteiger partial charge >= 0.3 is 0 Å². The third-order valence-electron chi connectivity index (χ3n) is 3.79. The molecule has 1 amide bonds. The van der Waals surface area contributed by atoms with Crippen molar-refractivity contribution in [2.24, 2.45) is 11.0 Å². The maximum absolute atomic E-state index is 11.9. The number of methoxy groups -OCH3 is 1. The summed E-state index contributed by atoms with van der Waals surface area (Å²) in [5.74, 6) is 1.89. The van der Waals surface area contributed by atoms with Crippen molar-refractivity contribution in [2.45, 2.75) is 20.3 Å². The van der Waals surface area contributed by atoms with E-state index >= 15 is 0 Å². The van der Waals surface area contributed by atoms with E-state index in [2.05, 4.69) is 29.7 Å². The molecule has 0 unspecified atom stereocenters. The molecule has 0 heterocycles. The van der Waals surface area contributed by atoms with E-state index in [-0.39, 0.29) is 12.5 Å². The monoisotopic (exact) mass is 369 g/mol. The van der Waals surface area contributed by atoms with Gasteiger partial charge in [-0.15, -0.1) is 0 Å². The Hall–Kier alpha value is -3.02. The number of hydrazone groups is 1. The van der Waals surface area contributed by atoms with Crippen molar-refractivity contribution in [3.8, 4) is 11.5 Å². The molecule has 6 nitrogen and oxygen atoms in total. The summed E-state index contributed by atoms with van der Waals surface area (Å²) in [6.07, 6.45) is 2.62. The molecule has 0 saturated carbocycles. The second kappa shape index (κ2) is 10.9. The summed E-state index contributed by atoms with van der Waals surface area (Å²) < 4.78 is 10.9. The molecule has 0 spiro atoms. The van der Waals surface area contributed by atoms with E-state index in [1.165, 1.54) is 0 Å². The normalized spacial score (nSPS) is 10.8. The highest BCUT2D eigenvalue weighted by molar-refractivity contribution is 5.84. The number of anilines is 1. The lowest BCUT2D eigenvalue weighted by Gasteiger charge is -2.09. The van der Waals surface area contributed by atoms with Crippen molar-refractivity contribution in [3.05, 3.63) is 54.1 Å². The van der Waals surface area contributed by atoms with Crippen molar-refractivity contribution < 1.29 is 14.3 Å². The number of rotatable bonds is 10. The van der Waals surface area contributed by atoms with Crippen LogP contribution in [0.5, 0.6) is 11.5 Å². The van der Waals surface area contributed by atoms with Gasteiger partial charge in [-0.1, -0.05) is 26.0 Å². The van der Waals surface area contributed by atoms with Crippen molar-refractivity contribution in [1.29, 1.82) is 0 Å². The Kier molecular flexibility index (Phi) is 8.16. The summed E-state index contributed by atoms with van der Waals surface area (Å²) in [6.45, 7) is 5.15. The molecule has 0 fully saturated rings. The smallest absolute Gasteiger partial charge is 0.259 e. The zero-order valence-electron chi connectivity index (χ0n) is 16.1. The Morgan fingerprint density at radius 1 is 1.15 bits per heavy atom. The molecule has 2 aromatic carbocycles. The maximum Gasteiger partial charge on any atom is 0.259 e. The molecule has 0 saturated heterocycles. The van der Waals surface area contributed by atoms with Crippen LogP contribution < -0.4 is 20.2 Å². The Morgan fingerprint density at radius 2 is 1.89 bits per heavy atom. The molecule has 144 valence electrons. The van der Waals surface area contributed by atoms with Gasteiger partial charge in [-0.3, -0.25) is 4.79 Å². The van der Waals surface area contributed by atoms with Crippen LogP contribution >= 0.6 is 0 Å². The second-order valence-corrected chi connectivity index (χ2v) is 6.45. The van der Waals surface area contributed by atoms with Crippen LogP contribution in [0.3, 0.4) is 0 Å². The fourth-order valence-electron chi connectivity index (χ4n) is 2.25. The summed E-state index contributed by atoms with van der Waals surface area (Å²) in [6, 6.07) is 15.0. The number of nitrogens with zero attached hydrogens (tertiary/aromatic N) is 1. The molecule has 0 aliphatic carbocycles. The number of nitrogens with one attached hydrogen (secondary N) is 2. The molecule has 6 heteroatoms. The topological polar surface area (TPSA) is 72.0 Å². The van der Waals surface area contributed by atoms with Gasteiger partial charge in [-0.05, 0) is 54.3 Å². The van der Waals surface area contributed by atoms with Crippen molar-refractivity contribution in [2.75, 3.05) is 25.6 Å². The van der Waals surface area contributed by atoms with Crippen LogP contribution in [0.25, 0.3) is 0 Å². The van der Waals surface area contributed by atoms with Crippen LogP contribution in [0.4, 0.5) is 5.69 Å². The molecule has 0 aromatic heterocycles. The number of para-hydroxylation sites is 2. The van der Waals surface area contributed by atoms with E-state index in [4.69, 9.17) is 9.47 Å². The molecule has 0 bridgehead atoms. The zero-order chi connectivity index (χ0) is 19.5. The average Bonchev–Trinajstić information content (AvgIpc) is 2.67. The van der Waals surface area contributed by atoms with Gasteiger partial charge in [0.25, 0.3) is 5.91 Å². The van der Waals surface area contributed by atoms with Crippen LogP contribution in [-0.4, -0.2) is 32.4 Å². The average molecular weight is 369 g/mol. The number of hydrogen-bond acceptors (Lipinski definition) is 5. The molecule has 2 aromatic rings. The predicted octanol–water partition coefficient (Wildman–Crippen LogP) is 3.68. The summed E-state index contributed by atoms with van der Waals surface area (Å²) in [5, 5.41) is 6.99. The lowest BCUT2D eigenvalue weighted by Crippen LogP contribution is -2.26. The minimum atomic E-state index is -0.245. The summed E-state index contributed by atoms with van der Waals surface area (Å²) in [4.78, 5) is 11.9. The first-order valence-electron chi connectivity index (χ1n) is 9.00. The third kappa shape index (κ3) is 7.40. The lowest BCUT2D eigenvalue weighted by molar-refractivity contribution is -0.119. The second-order valence-electron chi connectivity index (χ2n) is 6.45. The van der Waals surface area contributed by atoms with Gasteiger partial charge in [0, 0.05) is 0 Å². The Labute approximate surface area is 160 Å².